The number of carbonyl (C=O) groups excluding carboxylic acids is 1. The summed E-state index contributed by atoms with van der Waals surface area (Å²) in [5.74, 6) is 0.364. The molecule has 2 unspecified atom stereocenters. The van der Waals surface area contributed by atoms with Gasteiger partial charge in [0.2, 0.25) is 0 Å². The first-order chi connectivity index (χ1) is 13.1. The Hall–Kier alpha value is -2.90. The molecule has 0 aromatic carbocycles. The zero-order valence-corrected chi connectivity index (χ0v) is 14.5. The van der Waals surface area contributed by atoms with Crippen LogP contribution in [0.15, 0.2) is 18.5 Å². The molecule has 142 valence electrons. The second-order valence-corrected chi connectivity index (χ2v) is 6.59. The number of carbonyl (C=O) groups is 1. The summed E-state index contributed by atoms with van der Waals surface area (Å²) in [4.78, 5) is 15.8. The number of hydrogen-bond donors (Lipinski definition) is 1. The highest BCUT2D eigenvalue weighted by Crippen LogP contribution is 2.40. The van der Waals surface area contributed by atoms with E-state index in [-0.39, 0.29) is 18.8 Å². The van der Waals surface area contributed by atoms with Crippen molar-refractivity contribution in [3.05, 3.63) is 24.2 Å². The molecule has 0 bridgehead atoms. The van der Waals surface area contributed by atoms with E-state index in [1.807, 2.05) is 6.07 Å². The van der Waals surface area contributed by atoms with Gasteiger partial charge in [-0.2, -0.15) is 10.4 Å². The number of fused-ring (bicyclic) bond motifs is 1. The standard InChI is InChI=1S/C17H19N5O5/c18-8-17(9-25-16(23)26-11-4-6-24-7-11)5-3-14(27-17)12-1-2-13-15(19)20-10-21-22(12)13/h1-2,10-11,14H,3-7,9H2,(H2,19,20,21)/t11?,14?,17-/m1/s1. The lowest BCUT2D eigenvalue weighted by molar-refractivity contribution is -0.0606. The molecule has 0 spiro atoms. The quantitative estimate of drug-likeness (QED) is 0.788. The molecule has 2 aromatic rings. The fourth-order valence-electron chi connectivity index (χ4n) is 3.35. The van der Waals surface area contributed by atoms with Gasteiger partial charge in [-0.1, -0.05) is 0 Å². The molecule has 3 atom stereocenters. The lowest BCUT2D eigenvalue weighted by Gasteiger charge is -2.21. The lowest BCUT2D eigenvalue weighted by atomic mass is 10.0. The van der Waals surface area contributed by atoms with Crippen LogP contribution in [0.3, 0.4) is 0 Å². The molecular weight excluding hydrogens is 354 g/mol. The van der Waals surface area contributed by atoms with Gasteiger partial charge in [-0.15, -0.1) is 0 Å². The van der Waals surface area contributed by atoms with Gasteiger partial charge in [-0.05, 0) is 25.0 Å². The number of aromatic nitrogens is 3. The van der Waals surface area contributed by atoms with Gasteiger partial charge in [0, 0.05) is 6.42 Å². The van der Waals surface area contributed by atoms with Gasteiger partial charge in [0.05, 0.1) is 18.9 Å². The summed E-state index contributed by atoms with van der Waals surface area (Å²) in [6.45, 7) is 0.723. The average Bonchev–Trinajstić information content (AvgIpc) is 3.40. The maximum atomic E-state index is 11.8. The van der Waals surface area contributed by atoms with Crippen molar-refractivity contribution in [2.24, 2.45) is 0 Å². The Morgan fingerprint density at radius 1 is 1.48 bits per heavy atom. The third-order valence-electron chi connectivity index (χ3n) is 4.80. The van der Waals surface area contributed by atoms with Crippen molar-refractivity contribution < 1.29 is 23.7 Å². The number of rotatable bonds is 4. The minimum atomic E-state index is -1.22. The van der Waals surface area contributed by atoms with Crippen LogP contribution in [0, 0.1) is 11.3 Å². The van der Waals surface area contributed by atoms with E-state index in [1.54, 1.807) is 10.6 Å². The number of ether oxygens (including phenoxy) is 4. The summed E-state index contributed by atoms with van der Waals surface area (Å²) in [6, 6.07) is 5.78. The van der Waals surface area contributed by atoms with Crippen molar-refractivity contribution in [3.8, 4) is 6.07 Å². The van der Waals surface area contributed by atoms with E-state index in [2.05, 4.69) is 16.2 Å². The average molecular weight is 373 g/mol. The molecule has 10 heteroatoms. The summed E-state index contributed by atoms with van der Waals surface area (Å²) < 4.78 is 23.0. The van der Waals surface area contributed by atoms with E-state index in [0.717, 1.165) is 5.69 Å². The second kappa shape index (κ2) is 7.02. The SMILES string of the molecule is N#C[C@@]1(COC(=O)OC2CCOC2)CCC(c2ccc3c(N)ncnn23)O1. The Balaban J connectivity index is 1.42. The van der Waals surface area contributed by atoms with Gasteiger partial charge >= 0.3 is 6.16 Å². The molecule has 0 radical (unpaired) electrons. The maximum Gasteiger partial charge on any atom is 0.508 e. The van der Waals surface area contributed by atoms with Crippen LogP contribution < -0.4 is 5.73 Å². The van der Waals surface area contributed by atoms with Crippen LogP contribution in [0.2, 0.25) is 0 Å². The second-order valence-electron chi connectivity index (χ2n) is 6.59. The zero-order chi connectivity index (χ0) is 18.9. The minimum absolute atomic E-state index is 0.202. The Labute approximate surface area is 154 Å². The predicted octanol–water partition coefficient (Wildman–Crippen LogP) is 1.37. The van der Waals surface area contributed by atoms with Crippen molar-refractivity contribution in [1.29, 1.82) is 5.26 Å². The molecule has 0 amide bonds. The number of nitrogen functional groups attached to an aromatic ring is 1. The Bertz CT molecular complexity index is 887. The largest absolute Gasteiger partial charge is 0.508 e. The molecule has 2 aliphatic rings. The molecule has 2 fully saturated rings. The first-order valence-electron chi connectivity index (χ1n) is 8.68. The van der Waals surface area contributed by atoms with Gasteiger partial charge in [0.1, 0.15) is 36.7 Å². The number of hydrogen-bond acceptors (Lipinski definition) is 9. The van der Waals surface area contributed by atoms with Crippen molar-refractivity contribution in [3.63, 3.8) is 0 Å². The monoisotopic (exact) mass is 373 g/mol. The topological polar surface area (TPSA) is 134 Å². The Kier molecular flexibility index (Phi) is 4.55. The first-order valence-corrected chi connectivity index (χ1v) is 8.68. The van der Waals surface area contributed by atoms with Crippen LogP contribution in [0.25, 0.3) is 5.52 Å². The first kappa shape index (κ1) is 17.5. The van der Waals surface area contributed by atoms with Crippen molar-refractivity contribution in [2.45, 2.75) is 37.1 Å². The molecule has 0 aliphatic carbocycles. The van der Waals surface area contributed by atoms with Crippen molar-refractivity contribution >= 4 is 17.5 Å². The van der Waals surface area contributed by atoms with E-state index in [1.165, 1.54) is 6.33 Å². The summed E-state index contributed by atoms with van der Waals surface area (Å²) in [7, 11) is 0. The fraction of sp³-hybridized carbons (Fsp3) is 0.529. The predicted molar refractivity (Wildman–Crippen MR) is 90.5 cm³/mol. The summed E-state index contributed by atoms with van der Waals surface area (Å²) >= 11 is 0. The van der Waals surface area contributed by atoms with Crippen molar-refractivity contribution in [2.75, 3.05) is 25.6 Å². The molecule has 27 heavy (non-hydrogen) atoms. The van der Waals surface area contributed by atoms with Crippen LogP contribution in [0.1, 0.15) is 31.1 Å². The fourth-order valence-corrected chi connectivity index (χ4v) is 3.35. The van der Waals surface area contributed by atoms with Crippen LogP contribution in [-0.2, 0) is 18.9 Å². The molecule has 2 aromatic heterocycles. The van der Waals surface area contributed by atoms with E-state index in [9.17, 15) is 10.1 Å². The number of nitrogens with zero attached hydrogens (tertiary/aromatic N) is 4. The van der Waals surface area contributed by atoms with E-state index >= 15 is 0 Å². The third kappa shape index (κ3) is 3.39. The van der Waals surface area contributed by atoms with Gasteiger partial charge in [-0.3, -0.25) is 0 Å². The molecule has 4 heterocycles. The number of nitrogens with two attached hydrogens (primary N) is 1. The van der Waals surface area contributed by atoms with E-state index in [4.69, 9.17) is 24.7 Å². The maximum absolute atomic E-state index is 11.8. The lowest BCUT2D eigenvalue weighted by Crippen LogP contribution is -2.34. The van der Waals surface area contributed by atoms with Gasteiger partial charge in [-0.25, -0.2) is 14.3 Å². The molecule has 10 nitrogen and oxygen atoms in total. The molecule has 4 rings (SSSR count). The van der Waals surface area contributed by atoms with E-state index in [0.29, 0.717) is 43.8 Å². The number of nitriles is 1. The highest BCUT2D eigenvalue weighted by atomic mass is 16.7. The molecular formula is C17H19N5O5. The van der Waals surface area contributed by atoms with Crippen LogP contribution in [0.5, 0.6) is 0 Å². The van der Waals surface area contributed by atoms with Crippen LogP contribution >= 0.6 is 0 Å². The molecule has 2 N–H and O–H groups in total. The smallest absolute Gasteiger partial charge is 0.430 e. The third-order valence-corrected chi connectivity index (χ3v) is 4.80. The van der Waals surface area contributed by atoms with Gasteiger partial charge in [0.15, 0.2) is 11.4 Å². The highest BCUT2D eigenvalue weighted by molar-refractivity contribution is 5.65. The molecule has 0 saturated carbocycles. The summed E-state index contributed by atoms with van der Waals surface area (Å²) in [6.07, 6.45) is 1.52. The molecule has 2 saturated heterocycles. The normalized spacial score (nSPS) is 27.5. The Morgan fingerprint density at radius 2 is 2.37 bits per heavy atom. The molecule has 2 aliphatic heterocycles. The van der Waals surface area contributed by atoms with Crippen LogP contribution in [0.4, 0.5) is 10.6 Å². The summed E-state index contributed by atoms with van der Waals surface area (Å²) in [5, 5.41) is 13.8. The zero-order valence-electron chi connectivity index (χ0n) is 14.5. The highest BCUT2D eigenvalue weighted by Gasteiger charge is 2.43. The van der Waals surface area contributed by atoms with Gasteiger partial charge in [0.25, 0.3) is 0 Å². The van der Waals surface area contributed by atoms with E-state index < -0.39 is 11.8 Å². The Morgan fingerprint density at radius 3 is 3.15 bits per heavy atom. The van der Waals surface area contributed by atoms with Gasteiger partial charge < -0.3 is 24.7 Å². The summed E-state index contributed by atoms with van der Waals surface area (Å²) in [5.41, 5.74) is 6.06. The minimum Gasteiger partial charge on any atom is -0.430 e. The van der Waals surface area contributed by atoms with Crippen molar-refractivity contribution in [1.82, 2.24) is 14.6 Å². The van der Waals surface area contributed by atoms with Crippen LogP contribution in [-0.4, -0.2) is 52.3 Å². The number of anilines is 1.